The number of fused-ring (bicyclic) bond motifs is 1. The second kappa shape index (κ2) is 9.11. The molecule has 164 valence electrons. The fraction of sp³-hybridized carbons (Fsp3) is 0.409. The maximum absolute atomic E-state index is 13.1. The molecule has 0 saturated heterocycles. The Morgan fingerprint density at radius 3 is 2.97 bits per heavy atom. The molecule has 0 spiro atoms. The number of benzene rings is 1. The third-order valence-corrected chi connectivity index (χ3v) is 6.31. The highest BCUT2D eigenvalue weighted by Gasteiger charge is 2.32. The third kappa shape index (κ3) is 4.45. The van der Waals surface area contributed by atoms with Crippen LogP contribution in [-0.4, -0.2) is 44.1 Å². The normalized spacial score (nSPS) is 21.2. The summed E-state index contributed by atoms with van der Waals surface area (Å²) in [7, 11) is 1.62. The quantitative estimate of drug-likeness (QED) is 0.506. The number of para-hydroxylation sites is 1. The number of alkyl halides is 1. The molecule has 3 aromatic rings. The van der Waals surface area contributed by atoms with Crippen molar-refractivity contribution in [1.29, 1.82) is 0 Å². The van der Waals surface area contributed by atoms with E-state index in [-0.39, 0.29) is 17.4 Å². The number of carbonyl (C=O) groups is 1. The van der Waals surface area contributed by atoms with Gasteiger partial charge >= 0.3 is 0 Å². The number of methoxy groups -OCH3 is 1. The number of nitrogens with one attached hydrogen (secondary N) is 2. The molecule has 1 aromatic carbocycles. The lowest BCUT2D eigenvalue weighted by Crippen LogP contribution is -2.35. The summed E-state index contributed by atoms with van der Waals surface area (Å²) in [5, 5.41) is 12.5. The van der Waals surface area contributed by atoms with Crippen LogP contribution in [-0.2, 0) is 17.8 Å². The first-order valence-electron chi connectivity index (χ1n) is 10.3. The lowest BCUT2D eigenvalue weighted by Gasteiger charge is -2.28. The molecule has 3 atom stereocenters. The standard InChI is InChI=1S/C22H25ClN4O4/c1-31-18-5-3-2-4-13(18)8-9-27-12-25-20-19(22(27)30)16(11-24-20)26-21(29)14-6-7-17(28)15(23)10-14/h2-5,11-12,14-15,17,24,28H,6-10H2,1H3,(H,26,29). The summed E-state index contributed by atoms with van der Waals surface area (Å²) in [6, 6.07) is 7.67. The van der Waals surface area contributed by atoms with Crippen LogP contribution in [0.4, 0.5) is 5.69 Å². The van der Waals surface area contributed by atoms with Gasteiger partial charge in [0.1, 0.15) is 16.8 Å². The zero-order chi connectivity index (χ0) is 22.0. The number of aromatic amines is 1. The molecule has 3 unspecified atom stereocenters. The van der Waals surface area contributed by atoms with Crippen molar-refractivity contribution in [3.05, 3.63) is 52.7 Å². The van der Waals surface area contributed by atoms with Crippen LogP contribution in [0.25, 0.3) is 11.0 Å². The highest BCUT2D eigenvalue weighted by atomic mass is 35.5. The molecule has 9 heteroatoms. The van der Waals surface area contributed by atoms with Crippen LogP contribution in [0, 0.1) is 5.92 Å². The molecule has 1 aliphatic rings. The van der Waals surface area contributed by atoms with E-state index in [1.165, 1.54) is 10.9 Å². The molecule has 8 nitrogen and oxygen atoms in total. The number of anilines is 1. The Balaban J connectivity index is 1.53. The van der Waals surface area contributed by atoms with Crippen LogP contribution in [0.5, 0.6) is 5.75 Å². The van der Waals surface area contributed by atoms with Crippen LogP contribution in [0.3, 0.4) is 0 Å². The molecule has 0 radical (unpaired) electrons. The van der Waals surface area contributed by atoms with Crippen LogP contribution < -0.4 is 15.6 Å². The van der Waals surface area contributed by atoms with Gasteiger partial charge in [-0.15, -0.1) is 11.6 Å². The summed E-state index contributed by atoms with van der Waals surface area (Å²) >= 11 is 6.13. The highest BCUT2D eigenvalue weighted by molar-refractivity contribution is 6.21. The number of aryl methyl sites for hydroxylation is 2. The minimum Gasteiger partial charge on any atom is -0.496 e. The number of hydrogen-bond acceptors (Lipinski definition) is 5. The van der Waals surface area contributed by atoms with E-state index in [9.17, 15) is 14.7 Å². The topological polar surface area (TPSA) is 109 Å². The molecular formula is C22H25ClN4O4. The smallest absolute Gasteiger partial charge is 0.264 e. The van der Waals surface area contributed by atoms with Crippen LogP contribution in [0.1, 0.15) is 24.8 Å². The second-order valence-corrected chi connectivity index (χ2v) is 8.37. The van der Waals surface area contributed by atoms with Crippen LogP contribution >= 0.6 is 11.6 Å². The van der Waals surface area contributed by atoms with Gasteiger partial charge in [-0.05, 0) is 37.3 Å². The number of rotatable bonds is 6. The number of hydrogen-bond donors (Lipinski definition) is 3. The Bertz CT molecular complexity index is 1140. The first-order chi connectivity index (χ1) is 15.0. The molecule has 1 saturated carbocycles. The van der Waals surface area contributed by atoms with Crippen molar-refractivity contribution < 1.29 is 14.6 Å². The number of ether oxygens (including phenoxy) is 1. The summed E-state index contributed by atoms with van der Waals surface area (Å²) in [5.41, 5.74) is 1.59. The summed E-state index contributed by atoms with van der Waals surface area (Å²) in [4.78, 5) is 33.1. The van der Waals surface area contributed by atoms with Crippen molar-refractivity contribution in [3.63, 3.8) is 0 Å². The minimum absolute atomic E-state index is 0.206. The summed E-state index contributed by atoms with van der Waals surface area (Å²) in [6.07, 6.45) is 4.54. The molecule has 0 aliphatic heterocycles. The van der Waals surface area contributed by atoms with E-state index in [2.05, 4.69) is 15.3 Å². The third-order valence-electron chi connectivity index (χ3n) is 5.84. The highest BCUT2D eigenvalue weighted by Crippen LogP contribution is 2.30. The molecule has 31 heavy (non-hydrogen) atoms. The Kier molecular flexibility index (Phi) is 6.29. The summed E-state index contributed by atoms with van der Waals surface area (Å²) < 4.78 is 6.91. The minimum atomic E-state index is -0.585. The molecule has 1 fully saturated rings. The molecule has 4 rings (SSSR count). The maximum atomic E-state index is 13.1. The monoisotopic (exact) mass is 444 g/mol. The van der Waals surface area contributed by atoms with Gasteiger partial charge in [-0.2, -0.15) is 0 Å². The zero-order valence-electron chi connectivity index (χ0n) is 17.2. The number of aromatic nitrogens is 3. The van der Waals surface area contributed by atoms with Crippen molar-refractivity contribution in [2.45, 2.75) is 43.7 Å². The van der Waals surface area contributed by atoms with Gasteiger partial charge in [-0.1, -0.05) is 18.2 Å². The van der Waals surface area contributed by atoms with Crippen molar-refractivity contribution in [2.24, 2.45) is 5.92 Å². The van der Waals surface area contributed by atoms with Crippen molar-refractivity contribution in [1.82, 2.24) is 14.5 Å². The Hall–Kier alpha value is -2.84. The van der Waals surface area contributed by atoms with Gasteiger partial charge in [0.15, 0.2) is 0 Å². The second-order valence-electron chi connectivity index (χ2n) is 7.81. The van der Waals surface area contributed by atoms with Gasteiger partial charge in [0.05, 0.1) is 30.6 Å². The number of aliphatic hydroxyl groups excluding tert-OH is 1. The number of nitrogens with zero attached hydrogens (tertiary/aromatic N) is 2. The first-order valence-corrected chi connectivity index (χ1v) is 10.7. The van der Waals surface area contributed by atoms with Gasteiger partial charge in [0.2, 0.25) is 5.91 Å². The van der Waals surface area contributed by atoms with E-state index in [1.54, 1.807) is 13.3 Å². The Morgan fingerprint density at radius 1 is 1.39 bits per heavy atom. The first kappa shape index (κ1) is 21.4. The number of aliphatic hydroxyl groups is 1. The van der Waals surface area contributed by atoms with Crippen molar-refractivity contribution in [2.75, 3.05) is 12.4 Å². The van der Waals surface area contributed by atoms with E-state index in [4.69, 9.17) is 16.3 Å². The largest absolute Gasteiger partial charge is 0.496 e. The lowest BCUT2D eigenvalue weighted by molar-refractivity contribution is -0.121. The maximum Gasteiger partial charge on any atom is 0.264 e. The number of H-pyrrole nitrogens is 1. The van der Waals surface area contributed by atoms with Crippen molar-refractivity contribution >= 4 is 34.2 Å². The molecule has 3 N–H and O–H groups in total. The number of carbonyl (C=O) groups excluding carboxylic acids is 1. The lowest BCUT2D eigenvalue weighted by atomic mass is 9.86. The number of amides is 1. The van der Waals surface area contributed by atoms with Crippen LogP contribution in [0.15, 0.2) is 41.6 Å². The average Bonchev–Trinajstić information content (AvgIpc) is 3.18. The van der Waals surface area contributed by atoms with Gasteiger partial charge < -0.3 is 20.1 Å². The van der Waals surface area contributed by atoms with E-state index < -0.39 is 11.5 Å². The van der Waals surface area contributed by atoms with E-state index in [0.717, 1.165) is 11.3 Å². The van der Waals surface area contributed by atoms with Gasteiger partial charge in [-0.25, -0.2) is 4.98 Å². The number of halogens is 1. The van der Waals surface area contributed by atoms with E-state index >= 15 is 0 Å². The molecule has 1 amide bonds. The SMILES string of the molecule is COc1ccccc1CCn1cnc2[nH]cc(NC(=O)C3CCC(O)C(Cl)C3)c2c1=O. The van der Waals surface area contributed by atoms with Crippen molar-refractivity contribution in [3.8, 4) is 5.75 Å². The predicted octanol–water partition coefficient (Wildman–Crippen LogP) is 2.68. The van der Waals surface area contributed by atoms with E-state index in [1.807, 2.05) is 24.3 Å². The Labute approximate surface area is 184 Å². The van der Waals surface area contributed by atoms with Gasteiger partial charge in [0, 0.05) is 18.7 Å². The summed E-state index contributed by atoms with van der Waals surface area (Å²) in [5.74, 6) is 0.261. The molecule has 0 bridgehead atoms. The van der Waals surface area contributed by atoms with Crippen LogP contribution in [0.2, 0.25) is 0 Å². The van der Waals surface area contributed by atoms with Gasteiger partial charge in [0.25, 0.3) is 5.56 Å². The molecular weight excluding hydrogens is 420 g/mol. The molecule has 1 aliphatic carbocycles. The van der Waals surface area contributed by atoms with Gasteiger partial charge in [-0.3, -0.25) is 14.2 Å². The average molecular weight is 445 g/mol. The predicted molar refractivity (Wildman–Crippen MR) is 119 cm³/mol. The summed E-state index contributed by atoms with van der Waals surface area (Å²) in [6.45, 7) is 0.426. The zero-order valence-corrected chi connectivity index (χ0v) is 17.9. The molecule has 2 heterocycles. The fourth-order valence-corrected chi connectivity index (χ4v) is 4.38. The van der Waals surface area contributed by atoms with E-state index in [0.29, 0.717) is 48.9 Å². The Morgan fingerprint density at radius 2 is 2.19 bits per heavy atom. The molecule has 2 aromatic heterocycles. The fourth-order valence-electron chi connectivity index (χ4n) is 4.03.